The summed E-state index contributed by atoms with van der Waals surface area (Å²) in [6, 6.07) is 10.2. The van der Waals surface area contributed by atoms with Gasteiger partial charge < -0.3 is 14.5 Å². The van der Waals surface area contributed by atoms with E-state index in [-0.39, 0.29) is 6.04 Å². The van der Waals surface area contributed by atoms with E-state index in [9.17, 15) is 0 Å². The van der Waals surface area contributed by atoms with Crippen LogP contribution in [0.4, 0.5) is 0 Å². The third-order valence-electron chi connectivity index (χ3n) is 5.44. The first-order valence-corrected chi connectivity index (χ1v) is 9.48. The summed E-state index contributed by atoms with van der Waals surface area (Å²) in [6.07, 6.45) is 8.69. The first-order chi connectivity index (χ1) is 13.8. The first-order valence-electron chi connectivity index (χ1n) is 9.48. The molecule has 142 valence electrons. The molecule has 1 atom stereocenters. The van der Waals surface area contributed by atoms with Gasteiger partial charge in [0.1, 0.15) is 18.1 Å². The highest BCUT2D eigenvalue weighted by Gasteiger charge is 2.31. The second-order valence-electron chi connectivity index (χ2n) is 7.16. The molecule has 0 aliphatic carbocycles. The predicted octanol–water partition coefficient (Wildman–Crippen LogP) is 3.24. The Kier molecular flexibility index (Phi) is 4.33. The zero-order valence-electron chi connectivity index (χ0n) is 15.8. The van der Waals surface area contributed by atoms with Crippen molar-refractivity contribution in [3.63, 3.8) is 0 Å². The minimum Gasteiger partial charge on any atom is -0.497 e. The van der Waals surface area contributed by atoms with E-state index in [1.807, 2.05) is 30.6 Å². The zero-order chi connectivity index (χ0) is 18.9. The monoisotopic (exact) mass is 374 g/mol. The fourth-order valence-electron chi connectivity index (χ4n) is 4.09. The van der Waals surface area contributed by atoms with E-state index < -0.39 is 0 Å². The number of aromatic amines is 1. The number of nitrogens with zero attached hydrogens (tertiary/aromatic N) is 3. The van der Waals surface area contributed by atoms with Gasteiger partial charge in [0.25, 0.3) is 0 Å². The van der Waals surface area contributed by atoms with Gasteiger partial charge in [-0.2, -0.15) is 0 Å². The molecule has 0 saturated carbocycles. The van der Waals surface area contributed by atoms with Crippen LogP contribution in [-0.4, -0.2) is 46.7 Å². The van der Waals surface area contributed by atoms with Gasteiger partial charge in [-0.15, -0.1) is 0 Å². The minimum absolute atomic E-state index is 0.116. The summed E-state index contributed by atoms with van der Waals surface area (Å²) in [4.78, 5) is 14.6. The van der Waals surface area contributed by atoms with Gasteiger partial charge in [-0.1, -0.05) is 0 Å². The lowest BCUT2D eigenvalue weighted by atomic mass is 9.95. The number of ether oxygens (including phenoxy) is 2. The van der Waals surface area contributed by atoms with E-state index in [1.165, 1.54) is 16.8 Å². The van der Waals surface area contributed by atoms with Crippen LogP contribution in [0.3, 0.4) is 0 Å². The lowest BCUT2D eigenvalue weighted by molar-refractivity contribution is 0.217. The van der Waals surface area contributed by atoms with Crippen LogP contribution >= 0.6 is 0 Å². The van der Waals surface area contributed by atoms with Crippen molar-refractivity contribution in [2.75, 3.05) is 26.8 Å². The number of nitrogens with one attached hydrogen (secondary N) is 1. The van der Waals surface area contributed by atoms with Gasteiger partial charge in [0.15, 0.2) is 0 Å². The number of rotatable bonds is 4. The minimum atomic E-state index is 0.116. The highest BCUT2D eigenvalue weighted by molar-refractivity contribution is 5.64. The molecule has 5 rings (SSSR count). The third-order valence-corrected chi connectivity index (χ3v) is 5.44. The number of benzene rings is 1. The fourth-order valence-corrected chi connectivity index (χ4v) is 4.09. The van der Waals surface area contributed by atoms with Crippen molar-refractivity contribution in [3.8, 4) is 11.5 Å². The maximum atomic E-state index is 5.99. The molecule has 1 N–H and O–H groups in total. The Morgan fingerprint density at radius 3 is 3.00 bits per heavy atom. The Labute approximate surface area is 163 Å². The average molecular weight is 374 g/mol. The number of fused-ring (bicyclic) bond motifs is 2. The summed E-state index contributed by atoms with van der Waals surface area (Å²) < 4.78 is 11.3. The lowest BCUT2D eigenvalue weighted by Crippen LogP contribution is -2.38. The van der Waals surface area contributed by atoms with E-state index in [0.29, 0.717) is 6.61 Å². The molecule has 0 radical (unpaired) electrons. The SMILES string of the molecule is COc1ccc2c(c1)C=C(CN1CCc3[nH]cnc3[C@H]1c1ccncc1)CO2. The maximum absolute atomic E-state index is 5.99. The number of pyridine rings is 1. The Hall–Kier alpha value is -3.12. The van der Waals surface area contributed by atoms with Gasteiger partial charge in [-0.25, -0.2) is 4.98 Å². The topological polar surface area (TPSA) is 63.3 Å². The van der Waals surface area contributed by atoms with Gasteiger partial charge in [-0.05, 0) is 47.5 Å². The largest absolute Gasteiger partial charge is 0.497 e. The maximum Gasteiger partial charge on any atom is 0.127 e. The molecule has 4 heterocycles. The molecule has 1 aromatic carbocycles. The Balaban J connectivity index is 1.46. The third kappa shape index (κ3) is 3.05. The van der Waals surface area contributed by atoms with Crippen molar-refractivity contribution < 1.29 is 9.47 Å². The van der Waals surface area contributed by atoms with Crippen molar-refractivity contribution in [2.45, 2.75) is 12.5 Å². The predicted molar refractivity (Wildman–Crippen MR) is 106 cm³/mol. The Morgan fingerprint density at radius 1 is 1.25 bits per heavy atom. The van der Waals surface area contributed by atoms with Crippen LogP contribution in [0.5, 0.6) is 11.5 Å². The van der Waals surface area contributed by atoms with Crippen LogP contribution in [0.2, 0.25) is 0 Å². The summed E-state index contributed by atoms with van der Waals surface area (Å²) >= 11 is 0. The van der Waals surface area contributed by atoms with Crippen LogP contribution < -0.4 is 9.47 Å². The molecular formula is C22H22N4O2. The van der Waals surface area contributed by atoms with Crippen molar-refractivity contribution in [1.82, 2.24) is 19.9 Å². The molecule has 2 aliphatic heterocycles. The fraction of sp³-hybridized carbons (Fsp3) is 0.273. The van der Waals surface area contributed by atoms with Crippen LogP contribution in [0.1, 0.15) is 28.6 Å². The number of imidazole rings is 1. The molecule has 0 saturated heterocycles. The van der Waals surface area contributed by atoms with E-state index >= 15 is 0 Å². The zero-order valence-corrected chi connectivity index (χ0v) is 15.8. The molecule has 0 spiro atoms. The second-order valence-corrected chi connectivity index (χ2v) is 7.16. The molecule has 28 heavy (non-hydrogen) atoms. The van der Waals surface area contributed by atoms with Gasteiger partial charge in [-0.3, -0.25) is 9.88 Å². The number of methoxy groups -OCH3 is 1. The molecular weight excluding hydrogens is 352 g/mol. The molecule has 0 bridgehead atoms. The van der Waals surface area contributed by atoms with E-state index in [4.69, 9.17) is 9.47 Å². The normalized spacial score (nSPS) is 18.6. The molecule has 6 nitrogen and oxygen atoms in total. The molecule has 2 aromatic heterocycles. The summed E-state index contributed by atoms with van der Waals surface area (Å²) in [5, 5.41) is 0. The van der Waals surface area contributed by atoms with Gasteiger partial charge >= 0.3 is 0 Å². The van der Waals surface area contributed by atoms with Crippen LogP contribution in [0, 0.1) is 0 Å². The summed E-state index contributed by atoms with van der Waals surface area (Å²) in [7, 11) is 1.69. The van der Waals surface area contributed by atoms with Crippen LogP contribution in [-0.2, 0) is 6.42 Å². The van der Waals surface area contributed by atoms with Crippen LogP contribution in [0.15, 0.2) is 54.6 Å². The Morgan fingerprint density at radius 2 is 2.14 bits per heavy atom. The smallest absolute Gasteiger partial charge is 0.127 e. The molecule has 6 heteroatoms. The first kappa shape index (κ1) is 17.0. The average Bonchev–Trinajstić information content (AvgIpc) is 3.22. The number of H-pyrrole nitrogens is 1. The lowest BCUT2D eigenvalue weighted by Gasteiger charge is -2.36. The Bertz CT molecular complexity index is 1010. The summed E-state index contributed by atoms with van der Waals surface area (Å²) in [6.45, 7) is 2.40. The molecule has 2 aliphatic rings. The van der Waals surface area contributed by atoms with E-state index in [1.54, 1.807) is 13.4 Å². The summed E-state index contributed by atoms with van der Waals surface area (Å²) in [5.74, 6) is 1.75. The van der Waals surface area contributed by atoms with Gasteiger partial charge in [0.2, 0.25) is 0 Å². The highest BCUT2D eigenvalue weighted by Crippen LogP contribution is 2.35. The quantitative estimate of drug-likeness (QED) is 0.760. The number of hydrogen-bond acceptors (Lipinski definition) is 5. The molecule has 0 amide bonds. The van der Waals surface area contributed by atoms with E-state index in [0.717, 1.165) is 42.3 Å². The van der Waals surface area contributed by atoms with Crippen LogP contribution in [0.25, 0.3) is 6.08 Å². The molecule has 0 fully saturated rings. The van der Waals surface area contributed by atoms with Crippen molar-refractivity contribution in [3.05, 3.63) is 77.1 Å². The van der Waals surface area contributed by atoms with Gasteiger partial charge in [0.05, 0.1) is 25.2 Å². The van der Waals surface area contributed by atoms with Crippen molar-refractivity contribution in [2.24, 2.45) is 0 Å². The highest BCUT2D eigenvalue weighted by atomic mass is 16.5. The van der Waals surface area contributed by atoms with Crippen molar-refractivity contribution >= 4 is 6.08 Å². The number of aromatic nitrogens is 3. The van der Waals surface area contributed by atoms with E-state index in [2.05, 4.69) is 38.1 Å². The van der Waals surface area contributed by atoms with Crippen molar-refractivity contribution in [1.29, 1.82) is 0 Å². The summed E-state index contributed by atoms with van der Waals surface area (Å²) in [5.41, 5.74) is 5.86. The second kappa shape index (κ2) is 7.13. The molecule has 3 aromatic rings. The van der Waals surface area contributed by atoms with Gasteiger partial charge in [0, 0.05) is 43.2 Å². The standard InChI is InChI=1S/C22H22N4O2/c1-27-18-2-3-20-17(11-18)10-15(13-28-20)12-26-9-6-19-21(25-14-24-19)22(26)16-4-7-23-8-5-16/h2-5,7-8,10-11,14,22H,6,9,12-13H2,1H3,(H,24,25)/t22-/m1/s1. The number of hydrogen-bond donors (Lipinski definition) is 1. The molecule has 0 unspecified atom stereocenters.